The van der Waals surface area contributed by atoms with Gasteiger partial charge in [-0.3, -0.25) is 0 Å². The van der Waals surface area contributed by atoms with Crippen molar-refractivity contribution < 1.29 is 23.9 Å². The fourth-order valence-electron chi connectivity index (χ4n) is 1.98. The molecule has 0 bridgehead atoms. The average Bonchev–Trinajstić information content (AvgIpc) is 2.58. The normalized spacial score (nSPS) is 12.7. The number of rotatable bonds is 6. The van der Waals surface area contributed by atoms with Gasteiger partial charge in [0.1, 0.15) is 6.04 Å². The van der Waals surface area contributed by atoms with Crippen molar-refractivity contribution in [2.45, 2.75) is 26.3 Å². The molecule has 2 atom stereocenters. The van der Waals surface area contributed by atoms with E-state index in [1.165, 1.54) is 20.3 Å². The molecule has 1 rings (SSSR count). The van der Waals surface area contributed by atoms with E-state index < -0.39 is 24.0 Å². The summed E-state index contributed by atoms with van der Waals surface area (Å²) in [5, 5.41) is 5.13. The summed E-state index contributed by atoms with van der Waals surface area (Å²) >= 11 is 0. The van der Waals surface area contributed by atoms with Gasteiger partial charge in [-0.2, -0.15) is 0 Å². The van der Waals surface area contributed by atoms with Gasteiger partial charge in [-0.05, 0) is 18.1 Å². The summed E-state index contributed by atoms with van der Waals surface area (Å²) in [6.45, 7) is 3.75. The number of amides is 2. The van der Waals surface area contributed by atoms with Gasteiger partial charge in [0.05, 0.1) is 25.5 Å². The second-order valence-electron chi connectivity index (χ2n) is 5.02. The van der Waals surface area contributed by atoms with E-state index in [4.69, 9.17) is 4.74 Å². The van der Waals surface area contributed by atoms with Gasteiger partial charge in [-0.15, -0.1) is 0 Å². The van der Waals surface area contributed by atoms with Gasteiger partial charge < -0.3 is 20.1 Å². The second kappa shape index (κ2) is 8.77. The van der Waals surface area contributed by atoms with Crippen LogP contribution in [0.4, 0.5) is 10.5 Å². The molecule has 0 aliphatic heterocycles. The van der Waals surface area contributed by atoms with Crippen LogP contribution in [0.25, 0.3) is 0 Å². The lowest BCUT2D eigenvalue weighted by Crippen LogP contribution is -2.47. The topological polar surface area (TPSA) is 93.7 Å². The van der Waals surface area contributed by atoms with Crippen LogP contribution >= 0.6 is 0 Å². The maximum atomic E-state index is 12.1. The smallest absolute Gasteiger partial charge is 0.339 e. The van der Waals surface area contributed by atoms with Crippen LogP contribution in [0.1, 0.15) is 30.6 Å². The summed E-state index contributed by atoms with van der Waals surface area (Å²) in [6.07, 6.45) is 0.693. The Labute approximate surface area is 135 Å². The molecule has 2 N–H and O–H groups in total. The van der Waals surface area contributed by atoms with Crippen molar-refractivity contribution in [1.29, 1.82) is 0 Å². The van der Waals surface area contributed by atoms with E-state index in [0.717, 1.165) is 0 Å². The van der Waals surface area contributed by atoms with Gasteiger partial charge >= 0.3 is 18.0 Å². The van der Waals surface area contributed by atoms with Crippen molar-refractivity contribution in [1.82, 2.24) is 5.32 Å². The van der Waals surface area contributed by atoms with E-state index >= 15 is 0 Å². The van der Waals surface area contributed by atoms with Gasteiger partial charge in [0, 0.05) is 0 Å². The van der Waals surface area contributed by atoms with Crippen molar-refractivity contribution in [3.8, 4) is 0 Å². The maximum absolute atomic E-state index is 12.1. The molecule has 0 heterocycles. The summed E-state index contributed by atoms with van der Waals surface area (Å²) in [4.78, 5) is 35.6. The standard InChI is InChI=1S/C16H22N2O5/c1-5-10(2)13(15(20)23-4)18-16(21)17-12-9-7-6-8-11(12)14(19)22-3/h6-10,13H,5H2,1-4H3,(H2,17,18,21)/t10?,13-/m0/s1. The largest absolute Gasteiger partial charge is 0.467 e. The van der Waals surface area contributed by atoms with Crippen molar-refractivity contribution in [2.24, 2.45) is 5.92 Å². The number of methoxy groups -OCH3 is 2. The summed E-state index contributed by atoms with van der Waals surface area (Å²) in [5.74, 6) is -1.17. The van der Waals surface area contributed by atoms with Crippen molar-refractivity contribution >= 4 is 23.7 Å². The maximum Gasteiger partial charge on any atom is 0.339 e. The summed E-state index contributed by atoms with van der Waals surface area (Å²) in [5.41, 5.74) is 0.521. The van der Waals surface area contributed by atoms with Crippen LogP contribution < -0.4 is 10.6 Å². The molecule has 0 saturated carbocycles. The predicted molar refractivity (Wildman–Crippen MR) is 85.2 cm³/mol. The molecule has 7 heteroatoms. The van der Waals surface area contributed by atoms with Gasteiger partial charge in [0.2, 0.25) is 0 Å². The Morgan fingerprint density at radius 1 is 1.13 bits per heavy atom. The van der Waals surface area contributed by atoms with E-state index in [0.29, 0.717) is 12.1 Å². The Kier molecular flexibility index (Phi) is 7.05. The molecule has 0 radical (unpaired) electrons. The van der Waals surface area contributed by atoms with Crippen molar-refractivity contribution in [3.63, 3.8) is 0 Å². The fourth-order valence-corrected chi connectivity index (χ4v) is 1.98. The molecule has 0 fully saturated rings. The molecule has 126 valence electrons. The first kappa shape index (κ1) is 18.5. The van der Waals surface area contributed by atoms with Gasteiger partial charge in [0.15, 0.2) is 0 Å². The second-order valence-corrected chi connectivity index (χ2v) is 5.02. The van der Waals surface area contributed by atoms with Crippen LogP contribution in [0.5, 0.6) is 0 Å². The SMILES string of the molecule is CCC(C)[C@H](NC(=O)Nc1ccccc1C(=O)OC)C(=O)OC. The van der Waals surface area contributed by atoms with Crippen LogP contribution in [-0.2, 0) is 14.3 Å². The van der Waals surface area contributed by atoms with E-state index in [2.05, 4.69) is 15.4 Å². The highest BCUT2D eigenvalue weighted by molar-refractivity contribution is 6.01. The zero-order valence-corrected chi connectivity index (χ0v) is 13.7. The van der Waals surface area contributed by atoms with Crippen LogP contribution in [0, 0.1) is 5.92 Å². The number of urea groups is 1. The lowest BCUT2D eigenvalue weighted by atomic mass is 9.99. The summed E-state index contributed by atoms with van der Waals surface area (Å²) in [6, 6.07) is 5.07. The number of para-hydroxylation sites is 1. The number of hydrogen-bond donors (Lipinski definition) is 2. The first-order chi connectivity index (χ1) is 10.9. The first-order valence-electron chi connectivity index (χ1n) is 7.27. The molecule has 1 unspecified atom stereocenters. The third kappa shape index (κ3) is 4.98. The number of nitrogens with one attached hydrogen (secondary N) is 2. The van der Waals surface area contributed by atoms with E-state index in [9.17, 15) is 14.4 Å². The molecule has 1 aromatic carbocycles. The molecule has 0 saturated heterocycles. The number of esters is 2. The highest BCUT2D eigenvalue weighted by Crippen LogP contribution is 2.16. The summed E-state index contributed by atoms with van der Waals surface area (Å²) < 4.78 is 9.38. The van der Waals surface area contributed by atoms with Gasteiger partial charge in [-0.25, -0.2) is 14.4 Å². The average molecular weight is 322 g/mol. The Morgan fingerprint density at radius 3 is 2.35 bits per heavy atom. The highest BCUT2D eigenvalue weighted by Gasteiger charge is 2.27. The Balaban J connectivity index is 2.87. The van der Waals surface area contributed by atoms with Crippen LogP contribution in [0.15, 0.2) is 24.3 Å². The molecular formula is C16H22N2O5. The van der Waals surface area contributed by atoms with Crippen LogP contribution in [0.2, 0.25) is 0 Å². The number of anilines is 1. The zero-order chi connectivity index (χ0) is 17.4. The highest BCUT2D eigenvalue weighted by atomic mass is 16.5. The number of benzene rings is 1. The quantitative estimate of drug-likeness (QED) is 0.783. The minimum Gasteiger partial charge on any atom is -0.467 e. The number of ether oxygens (including phenoxy) is 2. The van der Waals surface area contributed by atoms with Crippen molar-refractivity contribution in [2.75, 3.05) is 19.5 Å². The zero-order valence-electron chi connectivity index (χ0n) is 13.7. The number of carbonyl (C=O) groups is 3. The third-order valence-electron chi connectivity index (χ3n) is 3.54. The molecule has 0 aromatic heterocycles. The third-order valence-corrected chi connectivity index (χ3v) is 3.54. The lowest BCUT2D eigenvalue weighted by molar-refractivity contribution is -0.144. The molecular weight excluding hydrogens is 300 g/mol. The molecule has 7 nitrogen and oxygen atoms in total. The predicted octanol–water partition coefficient (Wildman–Crippen LogP) is 2.18. The van der Waals surface area contributed by atoms with Crippen LogP contribution in [-0.4, -0.2) is 38.2 Å². The monoisotopic (exact) mass is 322 g/mol. The Hall–Kier alpha value is -2.57. The molecule has 23 heavy (non-hydrogen) atoms. The summed E-state index contributed by atoms with van der Waals surface area (Å²) in [7, 11) is 2.53. The Bertz CT molecular complexity index is 573. The van der Waals surface area contributed by atoms with Crippen LogP contribution in [0.3, 0.4) is 0 Å². The van der Waals surface area contributed by atoms with Gasteiger partial charge in [0.25, 0.3) is 0 Å². The molecule has 0 aliphatic carbocycles. The fraction of sp³-hybridized carbons (Fsp3) is 0.438. The van der Waals surface area contributed by atoms with Crippen molar-refractivity contribution in [3.05, 3.63) is 29.8 Å². The minimum atomic E-state index is -0.768. The molecule has 0 spiro atoms. The number of hydrogen-bond acceptors (Lipinski definition) is 5. The molecule has 2 amide bonds. The Morgan fingerprint density at radius 2 is 1.78 bits per heavy atom. The lowest BCUT2D eigenvalue weighted by Gasteiger charge is -2.22. The van der Waals surface area contributed by atoms with E-state index in [1.807, 2.05) is 13.8 Å². The van der Waals surface area contributed by atoms with E-state index in [1.54, 1.807) is 18.2 Å². The minimum absolute atomic E-state index is 0.0935. The molecule has 1 aromatic rings. The first-order valence-corrected chi connectivity index (χ1v) is 7.27. The number of carbonyl (C=O) groups excluding carboxylic acids is 3. The van der Waals surface area contributed by atoms with Gasteiger partial charge in [-0.1, -0.05) is 32.4 Å². The molecule has 0 aliphatic rings. The van der Waals surface area contributed by atoms with E-state index in [-0.39, 0.29) is 11.5 Å².